The number of Topliss-reactive ketones (excluding diaryl/α,β-unsaturated/α-hetero) is 1. The summed E-state index contributed by atoms with van der Waals surface area (Å²) in [5.41, 5.74) is 4.92. The van der Waals surface area contributed by atoms with Gasteiger partial charge in [0.1, 0.15) is 12.2 Å². The molecule has 0 aliphatic carbocycles. The van der Waals surface area contributed by atoms with Gasteiger partial charge in [0, 0.05) is 12.5 Å². The average Bonchev–Trinajstić information content (AvgIpc) is 2.02. The summed E-state index contributed by atoms with van der Waals surface area (Å²) in [6, 6.07) is 2.24. The fourth-order valence-corrected chi connectivity index (χ4v) is 0.673. The SMILES string of the molecule is CC(=O)CC(=O)OCCCC#CN. The van der Waals surface area contributed by atoms with Crippen molar-refractivity contribution in [3.05, 3.63) is 0 Å². The zero-order chi connectivity index (χ0) is 10.1. The largest absolute Gasteiger partial charge is 0.465 e. The number of carbonyl (C=O) groups is 2. The van der Waals surface area contributed by atoms with Gasteiger partial charge in [-0.05, 0) is 13.3 Å². The van der Waals surface area contributed by atoms with E-state index >= 15 is 0 Å². The van der Waals surface area contributed by atoms with Crippen LogP contribution in [0.4, 0.5) is 0 Å². The van der Waals surface area contributed by atoms with Crippen LogP contribution in [0.3, 0.4) is 0 Å². The van der Waals surface area contributed by atoms with Crippen molar-refractivity contribution >= 4 is 11.8 Å². The number of unbranched alkanes of at least 4 members (excludes halogenated alkanes) is 1. The summed E-state index contributed by atoms with van der Waals surface area (Å²) in [5.74, 6) is 1.97. The lowest BCUT2D eigenvalue weighted by Crippen LogP contribution is -2.09. The molecule has 72 valence electrons. The van der Waals surface area contributed by atoms with Gasteiger partial charge in [0.25, 0.3) is 0 Å². The highest BCUT2D eigenvalue weighted by Gasteiger charge is 2.04. The van der Waals surface area contributed by atoms with Crippen LogP contribution < -0.4 is 5.73 Å². The lowest BCUT2D eigenvalue weighted by atomic mass is 10.3. The molecule has 4 heteroatoms. The minimum Gasteiger partial charge on any atom is -0.465 e. The Bertz CT molecular complexity index is 237. The summed E-state index contributed by atoms with van der Waals surface area (Å²) in [4.78, 5) is 21.2. The second-order valence-corrected chi connectivity index (χ2v) is 2.52. The van der Waals surface area contributed by atoms with Crippen LogP contribution in [0.2, 0.25) is 0 Å². The van der Waals surface area contributed by atoms with E-state index in [1.165, 1.54) is 6.92 Å². The summed E-state index contributed by atoms with van der Waals surface area (Å²) in [5, 5.41) is 0. The number of nitrogens with two attached hydrogens (primary N) is 1. The molecular formula is C9H13NO3. The van der Waals surface area contributed by atoms with Crippen LogP contribution in [-0.4, -0.2) is 18.4 Å². The van der Waals surface area contributed by atoms with Gasteiger partial charge in [0.05, 0.1) is 6.61 Å². The molecule has 0 aromatic carbocycles. The zero-order valence-corrected chi connectivity index (χ0v) is 7.63. The van der Waals surface area contributed by atoms with Crippen LogP contribution in [0.1, 0.15) is 26.2 Å². The normalized spacial score (nSPS) is 8.38. The van der Waals surface area contributed by atoms with Crippen LogP contribution in [0.15, 0.2) is 0 Å². The third-order valence-electron chi connectivity index (χ3n) is 1.20. The highest BCUT2D eigenvalue weighted by molar-refractivity contribution is 5.94. The van der Waals surface area contributed by atoms with Crippen LogP contribution >= 0.6 is 0 Å². The number of esters is 1. The third-order valence-corrected chi connectivity index (χ3v) is 1.20. The molecule has 4 nitrogen and oxygen atoms in total. The second-order valence-electron chi connectivity index (χ2n) is 2.52. The number of ether oxygens (including phenoxy) is 1. The van der Waals surface area contributed by atoms with Crippen molar-refractivity contribution < 1.29 is 14.3 Å². The van der Waals surface area contributed by atoms with Crippen LogP contribution in [-0.2, 0) is 14.3 Å². The highest BCUT2D eigenvalue weighted by atomic mass is 16.5. The first-order valence-electron chi connectivity index (χ1n) is 4.00. The first-order chi connectivity index (χ1) is 6.16. The lowest BCUT2D eigenvalue weighted by molar-refractivity contribution is -0.145. The second kappa shape index (κ2) is 7.17. The maximum atomic E-state index is 10.8. The number of ketones is 1. The molecule has 0 aliphatic heterocycles. The van der Waals surface area contributed by atoms with Crippen molar-refractivity contribution in [1.82, 2.24) is 0 Å². The minimum atomic E-state index is -0.479. The summed E-state index contributed by atoms with van der Waals surface area (Å²) in [6.45, 7) is 1.64. The molecule has 0 heterocycles. The van der Waals surface area contributed by atoms with E-state index in [2.05, 4.69) is 12.0 Å². The van der Waals surface area contributed by atoms with Gasteiger partial charge in [-0.1, -0.05) is 5.92 Å². The van der Waals surface area contributed by atoms with Gasteiger partial charge in [-0.25, -0.2) is 0 Å². The smallest absolute Gasteiger partial charge is 0.313 e. The molecular weight excluding hydrogens is 170 g/mol. The van der Waals surface area contributed by atoms with E-state index in [-0.39, 0.29) is 12.2 Å². The maximum absolute atomic E-state index is 10.8. The molecule has 0 amide bonds. The Morgan fingerprint density at radius 3 is 2.69 bits per heavy atom. The molecule has 0 saturated heterocycles. The molecule has 2 N–H and O–H groups in total. The Morgan fingerprint density at radius 1 is 1.46 bits per heavy atom. The maximum Gasteiger partial charge on any atom is 0.313 e. The van der Waals surface area contributed by atoms with Crippen molar-refractivity contribution in [3.8, 4) is 12.0 Å². The molecule has 13 heavy (non-hydrogen) atoms. The van der Waals surface area contributed by atoms with Crippen molar-refractivity contribution in [3.63, 3.8) is 0 Å². The quantitative estimate of drug-likeness (QED) is 0.217. The Hall–Kier alpha value is -1.50. The van der Waals surface area contributed by atoms with Crippen molar-refractivity contribution in [1.29, 1.82) is 0 Å². The van der Waals surface area contributed by atoms with E-state index in [1.807, 2.05) is 0 Å². The zero-order valence-electron chi connectivity index (χ0n) is 7.63. The first-order valence-corrected chi connectivity index (χ1v) is 4.00. The predicted octanol–water partition coefficient (Wildman–Crippen LogP) is 0.209. The Labute approximate surface area is 77.4 Å². The molecule has 0 aromatic heterocycles. The molecule has 0 radical (unpaired) electrons. The molecule has 0 fully saturated rings. The Morgan fingerprint density at radius 2 is 2.15 bits per heavy atom. The summed E-state index contributed by atoms with van der Waals surface area (Å²) >= 11 is 0. The number of hydrogen-bond donors (Lipinski definition) is 1. The summed E-state index contributed by atoms with van der Waals surface area (Å²) < 4.78 is 4.73. The van der Waals surface area contributed by atoms with Gasteiger partial charge >= 0.3 is 5.97 Å². The monoisotopic (exact) mass is 183 g/mol. The highest BCUT2D eigenvalue weighted by Crippen LogP contribution is 1.92. The molecule has 0 bridgehead atoms. The van der Waals surface area contributed by atoms with Crippen LogP contribution in [0.5, 0.6) is 0 Å². The lowest BCUT2D eigenvalue weighted by Gasteiger charge is -2.00. The number of carbonyl (C=O) groups excluding carboxylic acids is 2. The van der Waals surface area contributed by atoms with Gasteiger partial charge in [0.2, 0.25) is 0 Å². The standard InChI is InChI=1S/C9H13NO3/c1-8(11)7-9(12)13-6-4-2-3-5-10/h2,4,6-7,10H2,1H3. The molecule has 0 saturated carbocycles. The average molecular weight is 183 g/mol. The topological polar surface area (TPSA) is 69.4 Å². The van der Waals surface area contributed by atoms with Gasteiger partial charge in [-0.2, -0.15) is 0 Å². The molecule has 0 unspecified atom stereocenters. The van der Waals surface area contributed by atoms with Gasteiger partial charge in [-0.3, -0.25) is 9.59 Å². The number of hydrogen-bond acceptors (Lipinski definition) is 4. The molecule has 0 spiro atoms. The molecule has 0 aliphatic rings. The number of rotatable bonds is 5. The Balaban J connectivity index is 3.35. The van der Waals surface area contributed by atoms with Crippen molar-refractivity contribution in [2.75, 3.05) is 6.61 Å². The third kappa shape index (κ3) is 8.41. The van der Waals surface area contributed by atoms with Crippen LogP contribution in [0, 0.1) is 12.0 Å². The van der Waals surface area contributed by atoms with Crippen molar-refractivity contribution in [2.45, 2.75) is 26.2 Å². The van der Waals surface area contributed by atoms with E-state index < -0.39 is 5.97 Å². The van der Waals surface area contributed by atoms with E-state index in [0.717, 1.165) is 0 Å². The molecule has 0 rings (SSSR count). The van der Waals surface area contributed by atoms with Crippen molar-refractivity contribution in [2.24, 2.45) is 5.73 Å². The van der Waals surface area contributed by atoms with Crippen LogP contribution in [0.25, 0.3) is 0 Å². The predicted molar refractivity (Wildman–Crippen MR) is 47.5 cm³/mol. The fraction of sp³-hybridized carbons (Fsp3) is 0.556. The van der Waals surface area contributed by atoms with Gasteiger partial charge < -0.3 is 10.5 Å². The van der Waals surface area contributed by atoms with E-state index in [1.54, 1.807) is 0 Å². The summed E-state index contributed by atoms with van der Waals surface area (Å²) in [7, 11) is 0. The Kier molecular flexibility index (Phi) is 6.34. The van der Waals surface area contributed by atoms with Gasteiger partial charge in [0.15, 0.2) is 0 Å². The van der Waals surface area contributed by atoms with Gasteiger partial charge in [-0.15, -0.1) is 0 Å². The molecule has 0 aromatic rings. The van der Waals surface area contributed by atoms with E-state index in [4.69, 9.17) is 10.5 Å². The molecule has 0 atom stereocenters. The minimum absolute atomic E-state index is 0.150. The summed E-state index contributed by atoms with van der Waals surface area (Å²) in [6.07, 6.45) is 1.10. The first kappa shape index (κ1) is 11.5. The van der Waals surface area contributed by atoms with E-state index in [0.29, 0.717) is 19.4 Å². The fourth-order valence-electron chi connectivity index (χ4n) is 0.673. The van der Waals surface area contributed by atoms with E-state index in [9.17, 15) is 9.59 Å².